The molecule has 1 amide bonds. The van der Waals surface area contributed by atoms with E-state index in [0.717, 1.165) is 6.26 Å². The second-order valence-corrected chi connectivity index (χ2v) is 6.58. The summed E-state index contributed by atoms with van der Waals surface area (Å²) < 4.78 is 35.1. The molecule has 0 saturated heterocycles. The Kier molecular flexibility index (Phi) is 4.45. The Bertz CT molecular complexity index is 554. The second-order valence-electron chi connectivity index (χ2n) is 4.32. The fraction of sp³-hybridized carbons (Fsp3) is 0.417. The van der Waals surface area contributed by atoms with Gasteiger partial charge in [0.1, 0.15) is 15.7 Å². The van der Waals surface area contributed by atoms with E-state index in [0.29, 0.717) is 11.1 Å². The Morgan fingerprint density at radius 3 is 2.50 bits per heavy atom. The molecular weight excluding hydrogens is 257 g/mol. The van der Waals surface area contributed by atoms with Gasteiger partial charge < -0.3 is 4.90 Å². The summed E-state index contributed by atoms with van der Waals surface area (Å²) >= 11 is 0. The van der Waals surface area contributed by atoms with Gasteiger partial charge in [0.05, 0.1) is 5.75 Å². The van der Waals surface area contributed by atoms with E-state index in [9.17, 15) is 17.6 Å². The van der Waals surface area contributed by atoms with Gasteiger partial charge in [0.2, 0.25) is 0 Å². The number of hydrogen-bond acceptors (Lipinski definition) is 3. The largest absolute Gasteiger partial charge is 0.341 e. The van der Waals surface area contributed by atoms with Gasteiger partial charge in [0, 0.05) is 25.4 Å². The lowest BCUT2D eigenvalue weighted by Gasteiger charge is -2.16. The van der Waals surface area contributed by atoms with Crippen LogP contribution in [0.2, 0.25) is 0 Å². The molecule has 6 heteroatoms. The molecular formula is C12H16FNO3S. The number of aryl methyl sites for hydroxylation is 1. The molecule has 4 nitrogen and oxygen atoms in total. The summed E-state index contributed by atoms with van der Waals surface area (Å²) in [6, 6.07) is 4.07. The van der Waals surface area contributed by atoms with Gasteiger partial charge in [-0.2, -0.15) is 0 Å². The highest BCUT2D eigenvalue weighted by atomic mass is 32.2. The SMILES string of the molecule is Cc1cc(C(=O)N(C)CCS(C)(=O)=O)ccc1F. The standard InChI is InChI=1S/C12H16FNO3S/c1-9-8-10(4-5-11(9)13)12(15)14(2)6-7-18(3,16)17/h4-5,8H,6-7H2,1-3H3. The quantitative estimate of drug-likeness (QED) is 0.829. The van der Waals surface area contributed by atoms with Gasteiger partial charge in [-0.3, -0.25) is 4.79 Å². The summed E-state index contributed by atoms with van der Waals surface area (Å²) in [5.74, 6) is -0.776. The Labute approximate surface area is 106 Å². The predicted molar refractivity (Wildman–Crippen MR) is 67.8 cm³/mol. The van der Waals surface area contributed by atoms with Crippen molar-refractivity contribution in [2.75, 3.05) is 25.6 Å². The lowest BCUT2D eigenvalue weighted by molar-refractivity contribution is 0.0803. The van der Waals surface area contributed by atoms with Crippen LogP contribution in [0.3, 0.4) is 0 Å². The van der Waals surface area contributed by atoms with Crippen molar-refractivity contribution < 1.29 is 17.6 Å². The third-order valence-electron chi connectivity index (χ3n) is 2.55. The third-order valence-corrected chi connectivity index (χ3v) is 3.47. The minimum absolute atomic E-state index is 0.0879. The number of sulfone groups is 1. The van der Waals surface area contributed by atoms with Crippen LogP contribution in [0.5, 0.6) is 0 Å². The lowest BCUT2D eigenvalue weighted by Crippen LogP contribution is -2.31. The molecule has 0 fully saturated rings. The summed E-state index contributed by atoms with van der Waals surface area (Å²) in [4.78, 5) is 13.2. The highest BCUT2D eigenvalue weighted by Crippen LogP contribution is 2.11. The average Bonchev–Trinajstić information content (AvgIpc) is 2.27. The van der Waals surface area contributed by atoms with E-state index in [4.69, 9.17) is 0 Å². The number of benzene rings is 1. The normalized spacial score (nSPS) is 11.3. The van der Waals surface area contributed by atoms with Crippen molar-refractivity contribution >= 4 is 15.7 Å². The van der Waals surface area contributed by atoms with Crippen LogP contribution in [-0.2, 0) is 9.84 Å². The number of rotatable bonds is 4. The first-order valence-corrected chi connectivity index (χ1v) is 7.46. The Morgan fingerprint density at radius 2 is 2.00 bits per heavy atom. The van der Waals surface area contributed by atoms with Gasteiger partial charge >= 0.3 is 0 Å². The molecule has 0 aliphatic heterocycles. The van der Waals surface area contributed by atoms with Gasteiger partial charge in [-0.1, -0.05) is 0 Å². The zero-order valence-corrected chi connectivity index (χ0v) is 11.4. The first-order valence-electron chi connectivity index (χ1n) is 5.40. The average molecular weight is 273 g/mol. The van der Waals surface area contributed by atoms with Crippen LogP contribution in [0.1, 0.15) is 15.9 Å². The predicted octanol–water partition coefficient (Wildman–Crippen LogP) is 1.25. The molecule has 0 atom stereocenters. The van der Waals surface area contributed by atoms with E-state index >= 15 is 0 Å². The zero-order valence-electron chi connectivity index (χ0n) is 10.6. The molecule has 1 rings (SSSR count). The summed E-state index contributed by atoms with van der Waals surface area (Å²) in [5, 5.41) is 0. The van der Waals surface area contributed by atoms with Gasteiger partial charge in [-0.05, 0) is 30.7 Å². The number of carbonyl (C=O) groups excluding carboxylic acids is 1. The van der Waals surface area contributed by atoms with Gasteiger partial charge in [-0.15, -0.1) is 0 Å². The number of hydrogen-bond donors (Lipinski definition) is 0. The van der Waals surface area contributed by atoms with Crippen molar-refractivity contribution in [1.29, 1.82) is 0 Å². The maximum atomic E-state index is 13.1. The fourth-order valence-electron chi connectivity index (χ4n) is 1.40. The molecule has 0 aliphatic carbocycles. The highest BCUT2D eigenvalue weighted by Gasteiger charge is 2.14. The second kappa shape index (κ2) is 5.48. The van der Waals surface area contributed by atoms with E-state index in [2.05, 4.69) is 0 Å². The number of carbonyl (C=O) groups is 1. The minimum atomic E-state index is -3.10. The molecule has 0 bridgehead atoms. The monoisotopic (exact) mass is 273 g/mol. The fourth-order valence-corrected chi connectivity index (χ4v) is 2.01. The van der Waals surface area contributed by atoms with Crippen molar-refractivity contribution in [1.82, 2.24) is 4.90 Å². The molecule has 0 aromatic heterocycles. The first-order chi connectivity index (χ1) is 8.20. The van der Waals surface area contributed by atoms with E-state index in [-0.39, 0.29) is 24.0 Å². The molecule has 0 aliphatic rings. The van der Waals surface area contributed by atoms with Gasteiger partial charge in [0.15, 0.2) is 0 Å². The van der Waals surface area contributed by atoms with E-state index < -0.39 is 9.84 Å². The highest BCUT2D eigenvalue weighted by molar-refractivity contribution is 7.90. The molecule has 1 aromatic rings. The van der Waals surface area contributed by atoms with E-state index in [1.54, 1.807) is 6.92 Å². The third kappa shape index (κ3) is 4.10. The molecule has 100 valence electrons. The Morgan fingerprint density at radius 1 is 1.39 bits per heavy atom. The van der Waals surface area contributed by atoms with Crippen molar-refractivity contribution in [3.63, 3.8) is 0 Å². The summed E-state index contributed by atoms with van der Waals surface area (Å²) in [5.41, 5.74) is 0.738. The molecule has 0 saturated carbocycles. The number of amides is 1. The lowest BCUT2D eigenvalue weighted by atomic mass is 10.1. The Hall–Kier alpha value is -1.43. The molecule has 1 aromatic carbocycles. The molecule has 0 N–H and O–H groups in total. The smallest absolute Gasteiger partial charge is 0.253 e. The molecule has 0 unspecified atom stereocenters. The molecule has 0 heterocycles. The van der Waals surface area contributed by atoms with Crippen LogP contribution in [0.15, 0.2) is 18.2 Å². The molecule has 0 spiro atoms. The maximum Gasteiger partial charge on any atom is 0.253 e. The van der Waals surface area contributed by atoms with Crippen molar-refractivity contribution in [3.05, 3.63) is 35.1 Å². The minimum Gasteiger partial charge on any atom is -0.341 e. The van der Waals surface area contributed by atoms with Crippen LogP contribution in [0.4, 0.5) is 4.39 Å². The van der Waals surface area contributed by atoms with E-state index in [1.165, 1.54) is 30.1 Å². The summed E-state index contributed by atoms with van der Waals surface area (Å²) in [6.45, 7) is 1.69. The van der Waals surface area contributed by atoms with Crippen LogP contribution >= 0.6 is 0 Å². The molecule has 0 radical (unpaired) electrons. The summed E-state index contributed by atoms with van der Waals surface area (Å²) in [6.07, 6.45) is 1.12. The summed E-state index contributed by atoms with van der Waals surface area (Å²) in [7, 11) is -1.58. The van der Waals surface area contributed by atoms with Gasteiger partial charge in [0.25, 0.3) is 5.91 Å². The van der Waals surface area contributed by atoms with Crippen LogP contribution in [0, 0.1) is 12.7 Å². The van der Waals surface area contributed by atoms with Crippen LogP contribution in [-0.4, -0.2) is 44.8 Å². The molecule has 18 heavy (non-hydrogen) atoms. The van der Waals surface area contributed by atoms with E-state index in [1.807, 2.05) is 0 Å². The van der Waals surface area contributed by atoms with Crippen molar-refractivity contribution in [3.8, 4) is 0 Å². The van der Waals surface area contributed by atoms with Crippen molar-refractivity contribution in [2.45, 2.75) is 6.92 Å². The topological polar surface area (TPSA) is 54.5 Å². The maximum absolute atomic E-state index is 13.1. The number of halogens is 1. The zero-order chi connectivity index (χ0) is 13.9. The van der Waals surface area contributed by atoms with Crippen LogP contribution in [0.25, 0.3) is 0 Å². The first kappa shape index (κ1) is 14.6. The van der Waals surface area contributed by atoms with Crippen LogP contribution < -0.4 is 0 Å². The van der Waals surface area contributed by atoms with Gasteiger partial charge in [-0.25, -0.2) is 12.8 Å². The Balaban J connectivity index is 2.77. The van der Waals surface area contributed by atoms with Crippen molar-refractivity contribution in [2.24, 2.45) is 0 Å². The number of nitrogens with zero attached hydrogens (tertiary/aromatic N) is 1.